The number of alkyl halides is 3. The van der Waals surface area contributed by atoms with Gasteiger partial charge in [-0.3, -0.25) is 13.9 Å². The van der Waals surface area contributed by atoms with Crippen molar-refractivity contribution < 1.29 is 32.6 Å². The van der Waals surface area contributed by atoms with E-state index < -0.39 is 12.1 Å². The van der Waals surface area contributed by atoms with Crippen LogP contribution in [0.25, 0.3) is 16.9 Å². The largest absolute Gasteiger partial charge is 0.497 e. The minimum atomic E-state index is -5.08. The maximum atomic E-state index is 12.8. The predicted octanol–water partition coefficient (Wildman–Crippen LogP) is 2.73. The van der Waals surface area contributed by atoms with Crippen LogP contribution >= 0.6 is 0 Å². The molecule has 1 aromatic carbocycles. The van der Waals surface area contributed by atoms with Crippen LogP contribution in [0.15, 0.2) is 55.1 Å². The van der Waals surface area contributed by atoms with Gasteiger partial charge in [0.15, 0.2) is 11.5 Å². The number of methoxy groups -OCH3 is 1. The molecule has 4 aromatic rings. The second-order valence-corrected chi connectivity index (χ2v) is 8.24. The SMILES string of the molecule is COc1cccc(-c2cnc3c(N4CCN(C(=O)c5ccnn5C)CC4)nccn23)c1.O=C(O)C(F)(F)F. The number of amides is 1. The van der Waals surface area contributed by atoms with E-state index in [0.29, 0.717) is 31.9 Å². The Balaban J connectivity index is 0.000000426. The molecule has 1 N–H and O–H groups in total. The van der Waals surface area contributed by atoms with Crippen LogP contribution in [-0.2, 0) is 11.8 Å². The van der Waals surface area contributed by atoms with Crippen molar-refractivity contribution in [2.24, 2.45) is 7.05 Å². The summed E-state index contributed by atoms with van der Waals surface area (Å²) < 4.78 is 40.8. The summed E-state index contributed by atoms with van der Waals surface area (Å²) in [7, 11) is 3.45. The summed E-state index contributed by atoms with van der Waals surface area (Å²) >= 11 is 0. The fourth-order valence-electron chi connectivity index (χ4n) is 3.99. The molecule has 1 amide bonds. The van der Waals surface area contributed by atoms with Gasteiger partial charge in [0.05, 0.1) is 19.0 Å². The van der Waals surface area contributed by atoms with Gasteiger partial charge < -0.3 is 19.6 Å². The number of anilines is 1. The number of aromatic nitrogens is 5. The molecule has 38 heavy (non-hydrogen) atoms. The molecule has 4 heterocycles. The number of carbonyl (C=O) groups excluding carboxylic acids is 1. The summed E-state index contributed by atoms with van der Waals surface area (Å²) in [6.45, 7) is 2.63. The second-order valence-electron chi connectivity index (χ2n) is 8.24. The molecule has 1 fully saturated rings. The molecule has 1 aliphatic rings. The Morgan fingerprint density at radius 1 is 1.05 bits per heavy atom. The molecule has 200 valence electrons. The number of carboxylic acids is 1. The Morgan fingerprint density at radius 2 is 1.76 bits per heavy atom. The van der Waals surface area contributed by atoms with Crippen molar-refractivity contribution in [3.8, 4) is 17.0 Å². The molecule has 5 rings (SSSR count). The van der Waals surface area contributed by atoms with Gasteiger partial charge in [0, 0.05) is 57.4 Å². The van der Waals surface area contributed by atoms with Crippen LogP contribution in [0.2, 0.25) is 0 Å². The molecule has 0 radical (unpaired) electrons. The van der Waals surface area contributed by atoms with E-state index in [1.54, 1.807) is 37.3 Å². The molecule has 0 bridgehead atoms. The summed E-state index contributed by atoms with van der Waals surface area (Å²) in [5.41, 5.74) is 3.40. The van der Waals surface area contributed by atoms with E-state index in [-0.39, 0.29) is 5.91 Å². The first kappa shape index (κ1) is 26.4. The summed E-state index contributed by atoms with van der Waals surface area (Å²) in [6.07, 6.45) is 2.13. The van der Waals surface area contributed by atoms with Crippen molar-refractivity contribution in [2.45, 2.75) is 6.18 Å². The van der Waals surface area contributed by atoms with Gasteiger partial charge in [0.25, 0.3) is 5.91 Å². The Bertz CT molecular complexity index is 1440. The van der Waals surface area contributed by atoms with E-state index in [0.717, 1.165) is 28.5 Å². The zero-order valence-electron chi connectivity index (χ0n) is 20.5. The molecule has 14 heteroatoms. The van der Waals surface area contributed by atoms with E-state index in [1.165, 1.54) is 0 Å². The molecule has 0 aliphatic carbocycles. The van der Waals surface area contributed by atoms with Crippen molar-refractivity contribution in [2.75, 3.05) is 38.2 Å². The molecule has 0 atom stereocenters. The van der Waals surface area contributed by atoms with E-state index in [4.69, 9.17) is 14.6 Å². The number of benzene rings is 1. The number of aliphatic carboxylic acids is 1. The number of hydrogen-bond donors (Lipinski definition) is 1. The van der Waals surface area contributed by atoms with Gasteiger partial charge in [0.2, 0.25) is 0 Å². The van der Waals surface area contributed by atoms with Gasteiger partial charge in [-0.15, -0.1) is 0 Å². The van der Waals surface area contributed by atoms with Crippen molar-refractivity contribution in [3.05, 3.63) is 60.8 Å². The van der Waals surface area contributed by atoms with Gasteiger partial charge in [0.1, 0.15) is 11.4 Å². The highest BCUT2D eigenvalue weighted by atomic mass is 19.4. The molecular formula is C24H24F3N7O4. The first-order valence-electron chi connectivity index (χ1n) is 11.4. The van der Waals surface area contributed by atoms with Crippen LogP contribution in [0.5, 0.6) is 5.75 Å². The average molecular weight is 531 g/mol. The molecule has 0 spiro atoms. The van der Waals surface area contributed by atoms with Crippen LogP contribution < -0.4 is 9.64 Å². The minimum absolute atomic E-state index is 0.00643. The number of fused-ring (bicyclic) bond motifs is 1. The maximum absolute atomic E-state index is 12.8. The molecule has 11 nitrogen and oxygen atoms in total. The van der Waals surface area contributed by atoms with Crippen LogP contribution in [-0.4, -0.2) is 85.5 Å². The van der Waals surface area contributed by atoms with Gasteiger partial charge >= 0.3 is 12.1 Å². The third-order valence-corrected chi connectivity index (χ3v) is 5.92. The fraction of sp³-hybridized carbons (Fsp3) is 0.292. The number of aryl methyl sites for hydroxylation is 1. The lowest BCUT2D eigenvalue weighted by Gasteiger charge is -2.35. The first-order valence-corrected chi connectivity index (χ1v) is 11.4. The smallest absolute Gasteiger partial charge is 0.490 e. The number of carbonyl (C=O) groups is 2. The zero-order chi connectivity index (χ0) is 27.4. The summed E-state index contributed by atoms with van der Waals surface area (Å²) in [5, 5.41) is 11.2. The number of imidazole rings is 1. The third kappa shape index (κ3) is 5.53. The molecule has 1 saturated heterocycles. The highest BCUT2D eigenvalue weighted by Crippen LogP contribution is 2.28. The maximum Gasteiger partial charge on any atom is 0.490 e. The summed E-state index contributed by atoms with van der Waals surface area (Å²) in [4.78, 5) is 35.0. The van der Waals surface area contributed by atoms with Crippen molar-refractivity contribution >= 4 is 23.3 Å². The fourth-order valence-corrected chi connectivity index (χ4v) is 3.99. The van der Waals surface area contributed by atoms with Crippen LogP contribution in [0.4, 0.5) is 19.0 Å². The molecule has 0 saturated carbocycles. The topological polar surface area (TPSA) is 118 Å². The lowest BCUT2D eigenvalue weighted by molar-refractivity contribution is -0.192. The van der Waals surface area contributed by atoms with Gasteiger partial charge in [-0.2, -0.15) is 18.3 Å². The molecule has 3 aromatic heterocycles. The predicted molar refractivity (Wildman–Crippen MR) is 130 cm³/mol. The Kier molecular flexibility index (Phi) is 7.50. The van der Waals surface area contributed by atoms with Gasteiger partial charge in [-0.25, -0.2) is 14.8 Å². The standard InChI is InChI=1S/C22H23N7O2.C2HF3O2/c1-26-18(6-7-25-26)22(30)28-12-10-27(11-13-28)20-21-24-15-19(29(21)9-8-23-20)16-4-3-5-17(14-16)31-2;3-2(4,5)1(6)7/h3-9,14-15H,10-13H2,1-2H3;(H,6,7). The number of halogens is 3. The Morgan fingerprint density at radius 3 is 2.37 bits per heavy atom. The van der Waals surface area contributed by atoms with Crippen molar-refractivity contribution in [3.63, 3.8) is 0 Å². The Hall–Kier alpha value is -4.62. The number of carboxylic acid groups (broad SMARTS) is 1. The van der Waals surface area contributed by atoms with E-state index in [9.17, 15) is 18.0 Å². The molecule has 1 aliphatic heterocycles. The van der Waals surface area contributed by atoms with E-state index in [2.05, 4.69) is 20.0 Å². The quantitative estimate of drug-likeness (QED) is 0.427. The van der Waals surface area contributed by atoms with E-state index >= 15 is 0 Å². The summed E-state index contributed by atoms with van der Waals surface area (Å²) in [6, 6.07) is 9.67. The second kappa shape index (κ2) is 10.8. The highest BCUT2D eigenvalue weighted by molar-refractivity contribution is 5.92. The van der Waals surface area contributed by atoms with Crippen LogP contribution in [0.3, 0.4) is 0 Å². The van der Waals surface area contributed by atoms with Gasteiger partial charge in [-0.1, -0.05) is 12.1 Å². The van der Waals surface area contributed by atoms with Crippen LogP contribution in [0, 0.1) is 0 Å². The number of rotatable bonds is 4. The third-order valence-electron chi connectivity index (χ3n) is 5.92. The van der Waals surface area contributed by atoms with Crippen molar-refractivity contribution in [1.29, 1.82) is 0 Å². The highest BCUT2D eigenvalue weighted by Gasteiger charge is 2.38. The number of ether oxygens (including phenoxy) is 1. The first-order chi connectivity index (χ1) is 18.1. The number of nitrogens with zero attached hydrogens (tertiary/aromatic N) is 7. The number of piperazine rings is 1. The van der Waals surface area contributed by atoms with E-state index in [1.807, 2.05) is 46.0 Å². The normalized spacial score (nSPS) is 13.7. The zero-order valence-corrected chi connectivity index (χ0v) is 20.5. The van der Waals surface area contributed by atoms with Crippen LogP contribution in [0.1, 0.15) is 10.5 Å². The average Bonchev–Trinajstić information content (AvgIpc) is 3.54. The summed E-state index contributed by atoms with van der Waals surface area (Å²) in [5.74, 6) is -1.13. The Labute approximate surface area is 214 Å². The number of hydrogen-bond acceptors (Lipinski definition) is 7. The lowest BCUT2D eigenvalue weighted by Crippen LogP contribution is -2.49. The minimum Gasteiger partial charge on any atom is -0.497 e. The van der Waals surface area contributed by atoms with Gasteiger partial charge in [-0.05, 0) is 18.2 Å². The van der Waals surface area contributed by atoms with Crippen molar-refractivity contribution in [1.82, 2.24) is 29.0 Å². The molecular weight excluding hydrogens is 507 g/mol. The lowest BCUT2D eigenvalue weighted by atomic mass is 10.1. The molecule has 0 unspecified atom stereocenters. The monoisotopic (exact) mass is 531 g/mol.